The van der Waals surface area contributed by atoms with Gasteiger partial charge in [0.15, 0.2) is 6.29 Å². The Morgan fingerprint density at radius 1 is 1.00 bits per heavy atom. The zero-order valence-electron chi connectivity index (χ0n) is 21.7. The molecular weight excluding hydrogens is 444 g/mol. The summed E-state index contributed by atoms with van der Waals surface area (Å²) in [7, 11) is 0. The first-order valence-corrected chi connectivity index (χ1v) is 14.2. The summed E-state index contributed by atoms with van der Waals surface area (Å²) in [4.78, 5) is 11.8. The molecule has 0 aromatic rings. The molecule has 0 radical (unpaired) electrons. The van der Waals surface area contributed by atoms with Crippen molar-refractivity contribution in [1.82, 2.24) is 0 Å². The molecule has 0 aromatic heterocycles. The van der Waals surface area contributed by atoms with Gasteiger partial charge in [-0.1, -0.05) is 13.8 Å². The van der Waals surface area contributed by atoms with Gasteiger partial charge in [0.05, 0.1) is 23.9 Å². The van der Waals surface area contributed by atoms with Crippen molar-refractivity contribution in [2.24, 2.45) is 34.5 Å². The van der Waals surface area contributed by atoms with Gasteiger partial charge in [0.2, 0.25) is 0 Å². The number of rotatable bonds is 3. The van der Waals surface area contributed by atoms with E-state index in [1.54, 1.807) is 6.08 Å². The summed E-state index contributed by atoms with van der Waals surface area (Å²) in [6.07, 6.45) is 12.3. The van der Waals surface area contributed by atoms with E-state index in [-0.39, 0.29) is 47.3 Å². The molecule has 1 saturated heterocycles. The van der Waals surface area contributed by atoms with Gasteiger partial charge in [-0.3, -0.25) is 0 Å². The minimum absolute atomic E-state index is 0.157. The number of esters is 1. The van der Waals surface area contributed by atoms with Crippen LogP contribution in [0.4, 0.5) is 0 Å². The molecule has 6 heteroatoms. The summed E-state index contributed by atoms with van der Waals surface area (Å²) in [5, 5.41) is 22.3. The fourth-order valence-electron chi connectivity index (χ4n) is 9.75. The number of fused-ring (bicyclic) bond motifs is 5. The molecule has 0 bridgehead atoms. The van der Waals surface area contributed by atoms with Gasteiger partial charge < -0.3 is 24.4 Å². The zero-order valence-corrected chi connectivity index (χ0v) is 21.7. The molecule has 6 aliphatic rings. The third-order valence-electron chi connectivity index (χ3n) is 11.9. The molecule has 196 valence electrons. The summed E-state index contributed by atoms with van der Waals surface area (Å²) in [6.45, 7) is 7.14. The number of hydrogen-bond acceptors (Lipinski definition) is 6. The highest BCUT2D eigenvalue weighted by molar-refractivity contribution is 5.85. The van der Waals surface area contributed by atoms with Crippen LogP contribution in [0.3, 0.4) is 0 Å². The minimum Gasteiger partial charge on any atom is -0.458 e. The third-order valence-corrected chi connectivity index (χ3v) is 11.9. The summed E-state index contributed by atoms with van der Waals surface area (Å²) in [5.41, 5.74) is 0.537. The Morgan fingerprint density at radius 3 is 2.57 bits per heavy atom. The zero-order chi connectivity index (χ0) is 24.6. The Labute approximate surface area is 209 Å². The van der Waals surface area contributed by atoms with Crippen LogP contribution in [0.1, 0.15) is 91.4 Å². The fraction of sp³-hybridized carbons (Fsp3) is 0.897. The van der Waals surface area contributed by atoms with Gasteiger partial charge in [-0.2, -0.15) is 0 Å². The molecule has 6 rings (SSSR count). The van der Waals surface area contributed by atoms with Crippen LogP contribution in [0.5, 0.6) is 0 Å². The molecule has 2 N–H and O–H groups in total. The Balaban J connectivity index is 1.16. The number of aliphatic hydroxyl groups excluding tert-OH is 1. The van der Waals surface area contributed by atoms with Gasteiger partial charge >= 0.3 is 5.97 Å². The molecule has 1 unspecified atom stereocenters. The Kier molecular flexibility index (Phi) is 5.95. The van der Waals surface area contributed by atoms with Crippen LogP contribution in [0.15, 0.2) is 11.6 Å². The lowest BCUT2D eigenvalue weighted by Crippen LogP contribution is -2.62. The van der Waals surface area contributed by atoms with Crippen molar-refractivity contribution in [2.75, 3.05) is 6.61 Å². The van der Waals surface area contributed by atoms with Crippen LogP contribution in [0.2, 0.25) is 0 Å². The third kappa shape index (κ3) is 3.68. The highest BCUT2D eigenvalue weighted by Gasteiger charge is 2.67. The maximum atomic E-state index is 12.4. The molecule has 0 spiro atoms. The van der Waals surface area contributed by atoms with Crippen LogP contribution in [0.25, 0.3) is 0 Å². The van der Waals surface area contributed by atoms with E-state index in [1.165, 1.54) is 6.42 Å². The average molecular weight is 489 g/mol. The normalized spacial score (nSPS) is 53.9. The average Bonchev–Trinajstić information content (AvgIpc) is 3.36. The topological polar surface area (TPSA) is 85.2 Å². The maximum absolute atomic E-state index is 12.4. The number of ether oxygens (including phenoxy) is 3. The second-order valence-electron chi connectivity index (χ2n) is 13.2. The van der Waals surface area contributed by atoms with Crippen molar-refractivity contribution in [3.8, 4) is 0 Å². The first kappa shape index (κ1) is 24.4. The van der Waals surface area contributed by atoms with Gasteiger partial charge in [-0.05, 0) is 106 Å². The Hall–Kier alpha value is -0.950. The molecule has 5 fully saturated rings. The first-order valence-electron chi connectivity index (χ1n) is 14.2. The van der Waals surface area contributed by atoms with E-state index in [2.05, 4.69) is 13.8 Å². The van der Waals surface area contributed by atoms with Crippen LogP contribution >= 0.6 is 0 Å². The van der Waals surface area contributed by atoms with E-state index >= 15 is 0 Å². The summed E-state index contributed by atoms with van der Waals surface area (Å²) in [5.74, 6) is 1.56. The standard InChI is InChI=1S/C29H44O6/c1-17-24(30)6-7-26(34-17)35-20-8-11-27(2)19(15-20)4-5-23-22(27)9-12-28(3)21(10-13-29(23,28)32)18-14-25(31)33-16-18/h14,17,19-24,26,30,32H,4-13,15-16H2,1-3H3/t17-,19+,20-,21+,22-,23+,24+,26+,27-,28+,29?/m0/s1. The molecule has 0 amide bonds. The Bertz CT molecular complexity index is 886. The summed E-state index contributed by atoms with van der Waals surface area (Å²) in [6, 6.07) is 0. The number of carbonyl (C=O) groups excluding carboxylic acids is 1. The molecule has 4 aliphatic carbocycles. The summed E-state index contributed by atoms with van der Waals surface area (Å²) >= 11 is 0. The van der Waals surface area contributed by atoms with E-state index < -0.39 is 5.60 Å². The predicted octanol–water partition coefficient (Wildman–Crippen LogP) is 4.51. The molecule has 11 atom stereocenters. The maximum Gasteiger partial charge on any atom is 0.331 e. The van der Waals surface area contributed by atoms with Crippen molar-refractivity contribution in [3.05, 3.63) is 11.6 Å². The summed E-state index contributed by atoms with van der Waals surface area (Å²) < 4.78 is 17.6. The van der Waals surface area contributed by atoms with Crippen molar-refractivity contribution in [1.29, 1.82) is 0 Å². The van der Waals surface area contributed by atoms with Crippen molar-refractivity contribution < 1.29 is 29.2 Å². The lowest BCUT2D eigenvalue weighted by molar-refractivity contribution is -0.252. The smallest absolute Gasteiger partial charge is 0.331 e. The molecular formula is C29H44O6. The van der Waals surface area contributed by atoms with E-state index in [0.29, 0.717) is 24.4 Å². The SMILES string of the molecule is C[C@@H]1O[C@H](O[C@H]2CC[C@@]3(C)[C@H](CC[C@@H]4[C@@H]3CC[C@]3(C)[C@@H](C5=CC(=O)OC5)CCC43O)C2)CC[C@H]1O. The fourth-order valence-corrected chi connectivity index (χ4v) is 9.75. The van der Waals surface area contributed by atoms with Crippen molar-refractivity contribution >= 4 is 5.97 Å². The molecule has 2 heterocycles. The van der Waals surface area contributed by atoms with Gasteiger partial charge in [0.25, 0.3) is 0 Å². The Morgan fingerprint density at radius 2 is 1.83 bits per heavy atom. The van der Waals surface area contributed by atoms with E-state index in [9.17, 15) is 15.0 Å². The van der Waals surface area contributed by atoms with Crippen LogP contribution in [0, 0.1) is 34.5 Å². The van der Waals surface area contributed by atoms with Gasteiger partial charge in [0.1, 0.15) is 6.61 Å². The van der Waals surface area contributed by atoms with Crippen LogP contribution < -0.4 is 0 Å². The van der Waals surface area contributed by atoms with E-state index in [1.807, 2.05) is 6.92 Å². The minimum atomic E-state index is -0.651. The highest BCUT2D eigenvalue weighted by Crippen LogP contribution is 2.70. The highest BCUT2D eigenvalue weighted by atomic mass is 16.7. The number of hydrogen-bond donors (Lipinski definition) is 2. The van der Waals surface area contributed by atoms with Gasteiger partial charge in [-0.25, -0.2) is 4.79 Å². The second-order valence-corrected chi connectivity index (χ2v) is 13.2. The molecule has 35 heavy (non-hydrogen) atoms. The van der Waals surface area contributed by atoms with Gasteiger partial charge in [-0.15, -0.1) is 0 Å². The largest absolute Gasteiger partial charge is 0.458 e. The quantitative estimate of drug-likeness (QED) is 0.449. The lowest BCUT2D eigenvalue weighted by atomic mass is 9.43. The number of aliphatic hydroxyl groups is 2. The van der Waals surface area contributed by atoms with Crippen molar-refractivity contribution in [2.45, 2.75) is 122 Å². The molecule has 0 aromatic carbocycles. The second kappa shape index (κ2) is 8.54. The lowest BCUT2D eigenvalue weighted by Gasteiger charge is -2.63. The predicted molar refractivity (Wildman–Crippen MR) is 130 cm³/mol. The van der Waals surface area contributed by atoms with Crippen LogP contribution in [-0.2, 0) is 19.0 Å². The van der Waals surface area contributed by atoms with Gasteiger partial charge in [0, 0.05) is 17.9 Å². The van der Waals surface area contributed by atoms with E-state index in [0.717, 1.165) is 69.8 Å². The van der Waals surface area contributed by atoms with Crippen molar-refractivity contribution in [3.63, 3.8) is 0 Å². The van der Waals surface area contributed by atoms with E-state index in [4.69, 9.17) is 14.2 Å². The van der Waals surface area contributed by atoms with Crippen LogP contribution in [-0.4, -0.2) is 53.0 Å². The number of carbonyl (C=O) groups is 1. The first-order chi connectivity index (χ1) is 16.6. The molecule has 4 saturated carbocycles. The number of cyclic esters (lactones) is 1. The molecule has 2 aliphatic heterocycles. The monoisotopic (exact) mass is 488 g/mol. The molecule has 6 nitrogen and oxygen atoms in total.